The summed E-state index contributed by atoms with van der Waals surface area (Å²) in [5.41, 5.74) is 1.33. The number of likely N-dealkylation sites (N-methyl/N-ethyl adjacent to an activating group) is 1. The molecule has 6 heteroatoms. The summed E-state index contributed by atoms with van der Waals surface area (Å²) in [7, 11) is 3.91. The first kappa shape index (κ1) is 20.5. The molecule has 1 aromatic carbocycles. The van der Waals surface area contributed by atoms with E-state index in [1.54, 1.807) is 13.3 Å². The van der Waals surface area contributed by atoms with Gasteiger partial charge in [0, 0.05) is 39.6 Å². The molecule has 2 aromatic rings. The van der Waals surface area contributed by atoms with Crippen molar-refractivity contribution in [1.29, 1.82) is 0 Å². The molecule has 0 aliphatic carbocycles. The maximum atomic E-state index is 5.31. The summed E-state index contributed by atoms with van der Waals surface area (Å²) in [5.74, 6) is 1.81. The summed E-state index contributed by atoms with van der Waals surface area (Å²) >= 11 is 0. The van der Waals surface area contributed by atoms with Gasteiger partial charge in [-0.15, -0.1) is 24.0 Å². The molecule has 1 aromatic heterocycles. The van der Waals surface area contributed by atoms with Crippen LogP contribution in [0.25, 0.3) is 0 Å². The van der Waals surface area contributed by atoms with E-state index < -0.39 is 0 Å². The number of halogens is 1. The Morgan fingerprint density at radius 1 is 1.08 bits per heavy atom. The van der Waals surface area contributed by atoms with Gasteiger partial charge in [-0.2, -0.15) is 0 Å². The molecule has 0 aliphatic heterocycles. The number of rotatable bonds is 8. The third kappa shape index (κ3) is 7.83. The molecule has 24 heavy (non-hydrogen) atoms. The van der Waals surface area contributed by atoms with E-state index in [2.05, 4.69) is 51.8 Å². The summed E-state index contributed by atoms with van der Waals surface area (Å²) < 4.78 is 5.31. The highest BCUT2D eigenvalue weighted by Gasteiger charge is 2.02. The van der Waals surface area contributed by atoms with Crippen molar-refractivity contribution in [3.8, 4) is 0 Å². The molecule has 2 rings (SSSR count). The summed E-state index contributed by atoms with van der Waals surface area (Å²) in [6.45, 7) is 3.55. The fraction of sp³-hybridized carbons (Fsp3) is 0.389. The predicted octanol–water partition coefficient (Wildman–Crippen LogP) is 2.74. The quantitative estimate of drug-likeness (QED) is 0.375. The monoisotopic (exact) mass is 442 g/mol. The Labute approximate surface area is 161 Å². The van der Waals surface area contributed by atoms with Gasteiger partial charge < -0.3 is 20.0 Å². The Kier molecular flexibility index (Phi) is 10.2. The number of aliphatic imine (C=N–C) groups is 1. The van der Waals surface area contributed by atoms with Crippen LogP contribution in [0, 0.1) is 0 Å². The lowest BCUT2D eigenvalue weighted by Crippen LogP contribution is -2.41. The first-order valence-corrected chi connectivity index (χ1v) is 7.97. The van der Waals surface area contributed by atoms with Crippen LogP contribution >= 0.6 is 24.0 Å². The average Bonchev–Trinajstić information content (AvgIpc) is 3.07. The van der Waals surface area contributed by atoms with Gasteiger partial charge in [-0.3, -0.25) is 4.99 Å². The lowest BCUT2D eigenvalue weighted by Gasteiger charge is -2.18. The van der Waals surface area contributed by atoms with Gasteiger partial charge in [0.05, 0.1) is 6.26 Å². The second-order valence-corrected chi connectivity index (χ2v) is 5.48. The molecule has 1 heterocycles. The number of nitrogens with zero attached hydrogens (tertiary/aromatic N) is 2. The van der Waals surface area contributed by atoms with E-state index in [1.807, 2.05) is 18.2 Å². The van der Waals surface area contributed by atoms with E-state index in [0.717, 1.165) is 44.3 Å². The number of hydrogen-bond donors (Lipinski definition) is 2. The molecule has 0 aliphatic rings. The van der Waals surface area contributed by atoms with Crippen LogP contribution in [-0.4, -0.2) is 44.6 Å². The van der Waals surface area contributed by atoms with Gasteiger partial charge in [-0.05, 0) is 24.7 Å². The first-order valence-electron chi connectivity index (χ1n) is 7.97. The normalized spacial score (nSPS) is 11.2. The topological polar surface area (TPSA) is 52.8 Å². The van der Waals surface area contributed by atoms with Crippen LogP contribution in [0.2, 0.25) is 0 Å². The predicted molar refractivity (Wildman–Crippen MR) is 110 cm³/mol. The van der Waals surface area contributed by atoms with E-state index >= 15 is 0 Å². The SMILES string of the molecule is CN=C(NCCc1ccco1)NCCN(C)Cc1ccccc1.I. The van der Waals surface area contributed by atoms with Gasteiger partial charge in [-0.1, -0.05) is 30.3 Å². The van der Waals surface area contributed by atoms with E-state index in [4.69, 9.17) is 4.42 Å². The van der Waals surface area contributed by atoms with Crippen molar-refractivity contribution in [2.24, 2.45) is 4.99 Å². The molecule has 5 nitrogen and oxygen atoms in total. The molecule has 0 saturated carbocycles. The molecular formula is C18H27IN4O. The van der Waals surface area contributed by atoms with E-state index in [0.29, 0.717) is 0 Å². The van der Waals surface area contributed by atoms with Gasteiger partial charge >= 0.3 is 0 Å². The van der Waals surface area contributed by atoms with Crippen LogP contribution in [0.5, 0.6) is 0 Å². The minimum Gasteiger partial charge on any atom is -0.469 e. The van der Waals surface area contributed by atoms with Crippen molar-refractivity contribution in [1.82, 2.24) is 15.5 Å². The molecular weight excluding hydrogens is 415 g/mol. The van der Waals surface area contributed by atoms with Crippen LogP contribution in [0.15, 0.2) is 58.1 Å². The van der Waals surface area contributed by atoms with Gasteiger partial charge in [0.15, 0.2) is 5.96 Å². The summed E-state index contributed by atoms with van der Waals surface area (Å²) in [5, 5.41) is 6.62. The second-order valence-electron chi connectivity index (χ2n) is 5.48. The fourth-order valence-electron chi connectivity index (χ4n) is 2.32. The number of furan rings is 1. The highest BCUT2D eigenvalue weighted by molar-refractivity contribution is 14.0. The smallest absolute Gasteiger partial charge is 0.191 e. The van der Waals surface area contributed by atoms with Crippen molar-refractivity contribution < 1.29 is 4.42 Å². The average molecular weight is 442 g/mol. The molecule has 0 unspecified atom stereocenters. The van der Waals surface area contributed by atoms with E-state index in [-0.39, 0.29) is 24.0 Å². The molecule has 0 spiro atoms. The largest absolute Gasteiger partial charge is 0.469 e. The Bertz CT molecular complexity index is 572. The molecule has 0 amide bonds. The maximum Gasteiger partial charge on any atom is 0.191 e. The molecule has 2 N–H and O–H groups in total. The second kappa shape index (κ2) is 11.9. The molecule has 0 atom stereocenters. The van der Waals surface area contributed by atoms with E-state index in [1.165, 1.54) is 5.56 Å². The Morgan fingerprint density at radius 3 is 2.50 bits per heavy atom. The zero-order chi connectivity index (χ0) is 16.3. The van der Waals surface area contributed by atoms with E-state index in [9.17, 15) is 0 Å². The van der Waals surface area contributed by atoms with Gasteiger partial charge in [0.25, 0.3) is 0 Å². The van der Waals surface area contributed by atoms with Gasteiger partial charge in [0.2, 0.25) is 0 Å². The number of guanidine groups is 1. The summed E-state index contributed by atoms with van der Waals surface area (Å²) in [4.78, 5) is 6.52. The number of nitrogens with one attached hydrogen (secondary N) is 2. The highest BCUT2D eigenvalue weighted by Crippen LogP contribution is 2.01. The maximum absolute atomic E-state index is 5.31. The third-order valence-corrected chi connectivity index (χ3v) is 3.55. The Morgan fingerprint density at radius 2 is 1.83 bits per heavy atom. The molecule has 0 bridgehead atoms. The highest BCUT2D eigenvalue weighted by atomic mass is 127. The first-order chi connectivity index (χ1) is 11.3. The minimum atomic E-state index is 0. The van der Waals surface area contributed by atoms with Crippen molar-refractivity contribution in [2.45, 2.75) is 13.0 Å². The third-order valence-electron chi connectivity index (χ3n) is 3.55. The Balaban J connectivity index is 0.00000288. The van der Waals surface area contributed by atoms with Gasteiger partial charge in [-0.25, -0.2) is 0 Å². The van der Waals surface area contributed by atoms with Crippen LogP contribution in [0.1, 0.15) is 11.3 Å². The van der Waals surface area contributed by atoms with Crippen LogP contribution in [0.4, 0.5) is 0 Å². The summed E-state index contributed by atoms with van der Waals surface area (Å²) in [6, 6.07) is 14.4. The molecule has 0 fully saturated rings. The van der Waals surface area contributed by atoms with Crippen molar-refractivity contribution >= 4 is 29.9 Å². The van der Waals surface area contributed by atoms with Crippen molar-refractivity contribution in [2.75, 3.05) is 33.7 Å². The fourth-order valence-corrected chi connectivity index (χ4v) is 2.32. The lowest BCUT2D eigenvalue weighted by atomic mass is 10.2. The van der Waals surface area contributed by atoms with Crippen molar-refractivity contribution in [3.05, 3.63) is 60.1 Å². The summed E-state index contributed by atoms with van der Waals surface area (Å²) in [6.07, 6.45) is 2.55. The lowest BCUT2D eigenvalue weighted by molar-refractivity contribution is 0.331. The molecule has 132 valence electrons. The van der Waals surface area contributed by atoms with Crippen LogP contribution < -0.4 is 10.6 Å². The van der Waals surface area contributed by atoms with Crippen molar-refractivity contribution in [3.63, 3.8) is 0 Å². The van der Waals surface area contributed by atoms with Crippen LogP contribution in [0.3, 0.4) is 0 Å². The van der Waals surface area contributed by atoms with Crippen LogP contribution in [-0.2, 0) is 13.0 Å². The standard InChI is InChI=1S/C18H26N4O.HI/c1-19-18(20-11-10-17-9-6-14-23-17)21-12-13-22(2)15-16-7-4-3-5-8-16;/h3-9,14H,10-13,15H2,1-2H3,(H2,19,20,21);1H. The molecule has 0 radical (unpaired) electrons. The number of benzene rings is 1. The Hall–Kier alpha value is -1.54. The molecule has 0 saturated heterocycles. The van der Waals surface area contributed by atoms with Gasteiger partial charge in [0.1, 0.15) is 5.76 Å². The number of hydrogen-bond acceptors (Lipinski definition) is 3. The zero-order valence-electron chi connectivity index (χ0n) is 14.4. The minimum absolute atomic E-state index is 0. The zero-order valence-corrected chi connectivity index (χ0v) is 16.7.